The van der Waals surface area contributed by atoms with Gasteiger partial charge in [-0.3, -0.25) is 0 Å². The molecule has 0 radical (unpaired) electrons. The van der Waals surface area contributed by atoms with Gasteiger partial charge in [-0.25, -0.2) is 0 Å². The number of rotatable bonds is 8. The Labute approximate surface area is 102 Å². The van der Waals surface area contributed by atoms with E-state index in [0.29, 0.717) is 0 Å². The van der Waals surface area contributed by atoms with E-state index < -0.39 is 0 Å². The fraction of sp³-hybridized carbons (Fsp3) is 1.00. The van der Waals surface area contributed by atoms with E-state index in [-0.39, 0.29) is 0 Å². The Morgan fingerprint density at radius 2 is 1.81 bits per heavy atom. The molecule has 96 valence electrons. The van der Waals surface area contributed by atoms with Gasteiger partial charge in [-0.1, -0.05) is 46.0 Å². The summed E-state index contributed by atoms with van der Waals surface area (Å²) in [5.41, 5.74) is 0. The average molecular weight is 226 g/mol. The third kappa shape index (κ3) is 5.86. The van der Waals surface area contributed by atoms with Gasteiger partial charge in [0.1, 0.15) is 0 Å². The zero-order chi connectivity index (χ0) is 11.6. The Bertz CT molecular complexity index is 159. The average Bonchev–Trinajstić information content (AvgIpc) is 2.34. The molecule has 0 aromatic carbocycles. The van der Waals surface area contributed by atoms with Gasteiger partial charge in [-0.15, -0.1) is 0 Å². The predicted molar refractivity (Wildman–Crippen MR) is 71.9 cm³/mol. The summed E-state index contributed by atoms with van der Waals surface area (Å²) in [7, 11) is 0. The molecule has 1 atom stereocenters. The molecule has 1 aliphatic rings. The standard InChI is InChI=1S/C14H30N2/c1-3-5-6-7-8-9-11-16-12-10-15-14(4-2)13-16/h14-15H,3-13H2,1-2H3. The number of hydrogen-bond donors (Lipinski definition) is 1. The molecule has 1 rings (SSSR count). The van der Waals surface area contributed by atoms with E-state index in [0.717, 1.165) is 6.04 Å². The maximum Gasteiger partial charge on any atom is 0.0192 e. The van der Waals surface area contributed by atoms with E-state index in [9.17, 15) is 0 Å². The molecule has 0 aromatic rings. The highest BCUT2D eigenvalue weighted by molar-refractivity contribution is 4.77. The highest BCUT2D eigenvalue weighted by atomic mass is 15.2. The van der Waals surface area contributed by atoms with Gasteiger partial charge in [0.15, 0.2) is 0 Å². The topological polar surface area (TPSA) is 15.3 Å². The summed E-state index contributed by atoms with van der Waals surface area (Å²) in [5, 5.41) is 3.58. The molecule has 0 bridgehead atoms. The van der Waals surface area contributed by atoms with Crippen LogP contribution in [-0.2, 0) is 0 Å². The first-order valence-corrected chi connectivity index (χ1v) is 7.32. The van der Waals surface area contributed by atoms with Crippen LogP contribution in [0, 0.1) is 0 Å². The maximum atomic E-state index is 3.58. The Hall–Kier alpha value is -0.0800. The lowest BCUT2D eigenvalue weighted by Gasteiger charge is -2.33. The van der Waals surface area contributed by atoms with Gasteiger partial charge < -0.3 is 10.2 Å². The zero-order valence-electron chi connectivity index (χ0n) is 11.3. The van der Waals surface area contributed by atoms with Crippen LogP contribution in [0.4, 0.5) is 0 Å². The number of nitrogens with zero attached hydrogens (tertiary/aromatic N) is 1. The zero-order valence-corrected chi connectivity index (χ0v) is 11.3. The van der Waals surface area contributed by atoms with E-state index in [1.165, 1.54) is 71.1 Å². The molecule has 2 nitrogen and oxygen atoms in total. The van der Waals surface area contributed by atoms with Crippen molar-refractivity contribution in [3.05, 3.63) is 0 Å². The van der Waals surface area contributed by atoms with Crippen molar-refractivity contribution in [3.63, 3.8) is 0 Å². The lowest BCUT2D eigenvalue weighted by molar-refractivity contribution is 0.193. The van der Waals surface area contributed by atoms with E-state index in [2.05, 4.69) is 24.1 Å². The second-order valence-corrected chi connectivity index (χ2v) is 5.13. The van der Waals surface area contributed by atoms with Crippen LogP contribution < -0.4 is 5.32 Å². The molecule has 1 saturated heterocycles. The molecule has 0 aliphatic carbocycles. The van der Waals surface area contributed by atoms with Gasteiger partial charge in [0.05, 0.1) is 0 Å². The van der Waals surface area contributed by atoms with Gasteiger partial charge in [0.2, 0.25) is 0 Å². The van der Waals surface area contributed by atoms with E-state index >= 15 is 0 Å². The van der Waals surface area contributed by atoms with Gasteiger partial charge in [0, 0.05) is 25.7 Å². The van der Waals surface area contributed by atoms with Crippen LogP contribution in [0.5, 0.6) is 0 Å². The molecular weight excluding hydrogens is 196 g/mol. The molecule has 1 aliphatic heterocycles. The molecule has 2 heteroatoms. The third-order valence-electron chi connectivity index (χ3n) is 3.66. The summed E-state index contributed by atoms with van der Waals surface area (Å²) >= 11 is 0. The number of hydrogen-bond acceptors (Lipinski definition) is 2. The highest BCUT2D eigenvalue weighted by Crippen LogP contribution is 2.08. The predicted octanol–water partition coefficient (Wildman–Crippen LogP) is 3.03. The number of unbranched alkanes of at least 4 members (excludes halogenated alkanes) is 5. The normalized spacial score (nSPS) is 22.5. The summed E-state index contributed by atoms with van der Waals surface area (Å²) in [6.45, 7) is 9.60. The molecule has 0 amide bonds. The second kappa shape index (κ2) is 9.00. The monoisotopic (exact) mass is 226 g/mol. The van der Waals surface area contributed by atoms with Crippen molar-refractivity contribution in [3.8, 4) is 0 Å². The fourth-order valence-corrected chi connectivity index (χ4v) is 2.49. The van der Waals surface area contributed by atoms with Gasteiger partial charge in [-0.05, 0) is 19.4 Å². The molecule has 1 fully saturated rings. The van der Waals surface area contributed by atoms with Crippen molar-refractivity contribution in [2.75, 3.05) is 26.2 Å². The Kier molecular flexibility index (Phi) is 7.87. The quantitative estimate of drug-likeness (QED) is 0.640. The second-order valence-electron chi connectivity index (χ2n) is 5.13. The molecule has 0 saturated carbocycles. The van der Waals surface area contributed by atoms with Crippen molar-refractivity contribution in [1.82, 2.24) is 10.2 Å². The molecule has 16 heavy (non-hydrogen) atoms. The van der Waals surface area contributed by atoms with Crippen LogP contribution >= 0.6 is 0 Å². The summed E-state index contributed by atoms with van der Waals surface area (Å²) in [6.07, 6.45) is 9.77. The Morgan fingerprint density at radius 3 is 2.56 bits per heavy atom. The molecule has 1 unspecified atom stereocenters. The molecular formula is C14H30N2. The van der Waals surface area contributed by atoms with Crippen molar-refractivity contribution in [2.45, 2.75) is 64.8 Å². The van der Waals surface area contributed by atoms with Crippen LogP contribution in [0.25, 0.3) is 0 Å². The van der Waals surface area contributed by atoms with E-state index in [4.69, 9.17) is 0 Å². The minimum absolute atomic E-state index is 0.744. The maximum absolute atomic E-state index is 3.58. The molecule has 1 heterocycles. The smallest absolute Gasteiger partial charge is 0.0192 e. The van der Waals surface area contributed by atoms with Crippen LogP contribution in [0.1, 0.15) is 58.8 Å². The van der Waals surface area contributed by atoms with Crippen LogP contribution in [0.15, 0.2) is 0 Å². The first-order chi connectivity index (χ1) is 7.86. The lowest BCUT2D eigenvalue weighted by Crippen LogP contribution is -2.50. The van der Waals surface area contributed by atoms with Crippen LogP contribution in [0.3, 0.4) is 0 Å². The van der Waals surface area contributed by atoms with Crippen LogP contribution in [-0.4, -0.2) is 37.1 Å². The summed E-state index contributed by atoms with van der Waals surface area (Å²) in [6, 6.07) is 0.744. The fourth-order valence-electron chi connectivity index (χ4n) is 2.49. The van der Waals surface area contributed by atoms with Gasteiger partial charge >= 0.3 is 0 Å². The van der Waals surface area contributed by atoms with Crippen molar-refractivity contribution >= 4 is 0 Å². The Balaban J connectivity index is 1.95. The SMILES string of the molecule is CCCCCCCCN1CCNC(CC)C1. The summed E-state index contributed by atoms with van der Waals surface area (Å²) in [5.74, 6) is 0. The van der Waals surface area contributed by atoms with Crippen molar-refractivity contribution in [2.24, 2.45) is 0 Å². The first-order valence-electron chi connectivity index (χ1n) is 7.32. The van der Waals surface area contributed by atoms with Gasteiger partial charge in [0.25, 0.3) is 0 Å². The summed E-state index contributed by atoms with van der Waals surface area (Å²) in [4.78, 5) is 2.64. The minimum atomic E-state index is 0.744. The van der Waals surface area contributed by atoms with Crippen LogP contribution in [0.2, 0.25) is 0 Å². The molecule has 0 spiro atoms. The Morgan fingerprint density at radius 1 is 1.06 bits per heavy atom. The lowest BCUT2D eigenvalue weighted by atomic mass is 10.1. The minimum Gasteiger partial charge on any atom is -0.311 e. The summed E-state index contributed by atoms with van der Waals surface area (Å²) < 4.78 is 0. The third-order valence-corrected chi connectivity index (χ3v) is 3.66. The first kappa shape index (κ1) is 14.0. The van der Waals surface area contributed by atoms with Gasteiger partial charge in [-0.2, -0.15) is 0 Å². The number of piperazine rings is 1. The van der Waals surface area contributed by atoms with E-state index in [1.807, 2.05) is 0 Å². The highest BCUT2D eigenvalue weighted by Gasteiger charge is 2.16. The van der Waals surface area contributed by atoms with E-state index in [1.54, 1.807) is 0 Å². The van der Waals surface area contributed by atoms with Crippen molar-refractivity contribution in [1.29, 1.82) is 0 Å². The van der Waals surface area contributed by atoms with Crippen molar-refractivity contribution < 1.29 is 0 Å². The largest absolute Gasteiger partial charge is 0.311 e. The molecule has 0 aromatic heterocycles. The number of nitrogens with one attached hydrogen (secondary N) is 1. The molecule has 1 N–H and O–H groups in total.